The quantitative estimate of drug-likeness (QED) is 0.252. The summed E-state index contributed by atoms with van der Waals surface area (Å²) >= 11 is 12.3. The Hall–Kier alpha value is -3.05. The lowest BCUT2D eigenvalue weighted by atomic mass is 9.96. The molecule has 0 atom stereocenters. The normalized spacial score (nSPS) is 11.5. The molecule has 0 fully saturated rings. The maximum atomic E-state index is 14.1. The van der Waals surface area contributed by atoms with Crippen LogP contribution in [0.2, 0.25) is 10.0 Å². The van der Waals surface area contributed by atoms with Crippen LogP contribution < -0.4 is 26.0 Å². The predicted molar refractivity (Wildman–Crippen MR) is 149 cm³/mol. The lowest BCUT2D eigenvalue weighted by Crippen LogP contribution is -2.29. The van der Waals surface area contributed by atoms with Crippen LogP contribution in [0, 0.1) is 5.82 Å². The average Bonchev–Trinajstić information content (AvgIpc) is 2.81. The van der Waals surface area contributed by atoms with Crippen LogP contribution in [0.3, 0.4) is 0 Å². The van der Waals surface area contributed by atoms with Gasteiger partial charge in [0.05, 0.1) is 41.0 Å². The van der Waals surface area contributed by atoms with E-state index < -0.39 is 11.4 Å². The molecule has 37 heavy (non-hydrogen) atoms. The number of aromatic nitrogens is 2. The van der Waals surface area contributed by atoms with Crippen LogP contribution in [-0.2, 0) is 5.60 Å². The number of ether oxygens (including phenoxy) is 1. The van der Waals surface area contributed by atoms with Crippen molar-refractivity contribution >= 4 is 57.7 Å². The highest BCUT2D eigenvalue weighted by Gasteiger charge is 2.23. The third-order valence-corrected chi connectivity index (χ3v) is 6.17. The molecule has 0 aliphatic rings. The van der Waals surface area contributed by atoms with Gasteiger partial charge in [-0.25, -0.2) is 9.37 Å². The monoisotopic (exact) mass is 551 g/mol. The summed E-state index contributed by atoms with van der Waals surface area (Å²) in [6, 6.07) is 6.13. The number of methoxy groups -OCH3 is 1. The molecule has 0 amide bonds. The largest absolute Gasteiger partial charge is 0.494 e. The molecule has 0 unspecified atom stereocenters. The molecule has 0 radical (unpaired) electrons. The fourth-order valence-electron chi connectivity index (χ4n) is 3.57. The van der Waals surface area contributed by atoms with Crippen LogP contribution >= 0.6 is 23.2 Å². The Balaban J connectivity index is 1.92. The Morgan fingerprint density at radius 2 is 1.76 bits per heavy atom. The van der Waals surface area contributed by atoms with Crippen LogP contribution in [-0.4, -0.2) is 61.3 Å². The molecule has 9 nitrogen and oxygen atoms in total. The molecule has 12 heteroatoms. The average molecular weight is 552 g/mol. The molecule has 3 rings (SSSR count). The summed E-state index contributed by atoms with van der Waals surface area (Å²) in [7, 11) is 7.55. The number of benzene rings is 2. The summed E-state index contributed by atoms with van der Waals surface area (Å²) in [6.07, 6.45) is 1.41. The molecule has 3 aromatic rings. The van der Waals surface area contributed by atoms with Crippen molar-refractivity contribution in [2.45, 2.75) is 19.4 Å². The van der Waals surface area contributed by atoms with E-state index in [0.717, 1.165) is 18.8 Å². The number of nitrogens with zero attached hydrogens (tertiary/aromatic N) is 4. The highest BCUT2D eigenvalue weighted by atomic mass is 35.5. The standard InChI is InChI=1S/C25H32Cl2FN7O2/c1-25(2,36)14-9-17(28)15(26)10-19(14)31-23-16(27)13-30-24(33-23)32-20-11-18(29)21(12-22(20)37-6)35(5)8-7-34(3)4/h9-13,36H,7-8,29H2,1-6H3,(H2,30,31,32,33). The van der Waals surface area contributed by atoms with Gasteiger partial charge < -0.3 is 36.0 Å². The van der Waals surface area contributed by atoms with Crippen molar-refractivity contribution < 1.29 is 14.2 Å². The van der Waals surface area contributed by atoms with Gasteiger partial charge in [0.2, 0.25) is 5.95 Å². The lowest BCUT2D eigenvalue weighted by molar-refractivity contribution is 0.0790. The van der Waals surface area contributed by atoms with E-state index in [1.807, 2.05) is 27.2 Å². The topological polar surface area (TPSA) is 112 Å². The van der Waals surface area contributed by atoms with Crippen molar-refractivity contribution in [3.05, 3.63) is 51.9 Å². The van der Waals surface area contributed by atoms with Crippen LogP contribution in [0.15, 0.2) is 30.5 Å². The number of anilines is 6. The summed E-state index contributed by atoms with van der Waals surface area (Å²) in [4.78, 5) is 12.8. The first kappa shape index (κ1) is 28.5. The maximum absolute atomic E-state index is 14.1. The van der Waals surface area contributed by atoms with E-state index >= 15 is 0 Å². The van der Waals surface area contributed by atoms with Gasteiger partial charge in [0.25, 0.3) is 0 Å². The van der Waals surface area contributed by atoms with Crippen molar-refractivity contribution in [2.24, 2.45) is 0 Å². The molecule has 5 N–H and O–H groups in total. The van der Waals surface area contributed by atoms with E-state index in [1.165, 1.54) is 32.2 Å². The molecule has 0 bridgehead atoms. The molecule has 0 aliphatic heterocycles. The third-order valence-electron chi connectivity index (χ3n) is 5.61. The first-order valence-corrected chi connectivity index (χ1v) is 12.2. The maximum Gasteiger partial charge on any atom is 0.229 e. The molecule has 0 spiro atoms. The fourth-order valence-corrected chi connectivity index (χ4v) is 3.87. The SMILES string of the molecule is COc1cc(N(C)CCN(C)C)c(N)cc1Nc1ncc(Cl)c(Nc2cc(Cl)c(F)cc2C(C)(C)O)n1. The number of halogens is 3. The third kappa shape index (κ3) is 7.04. The van der Waals surface area contributed by atoms with Crippen LogP contribution in [0.5, 0.6) is 5.75 Å². The molecule has 0 aliphatic carbocycles. The number of nitrogen functional groups attached to an aromatic ring is 1. The summed E-state index contributed by atoms with van der Waals surface area (Å²) in [5.41, 5.74) is 7.55. The Kier molecular flexibility index (Phi) is 8.91. The predicted octanol–water partition coefficient (Wildman–Crippen LogP) is 5.23. The number of rotatable bonds is 10. The van der Waals surface area contributed by atoms with Gasteiger partial charge in [0.15, 0.2) is 5.82 Å². The molecule has 0 saturated heterocycles. The summed E-state index contributed by atoms with van der Waals surface area (Å²) in [5, 5.41) is 16.8. The zero-order chi connectivity index (χ0) is 27.5. The van der Waals surface area contributed by atoms with Gasteiger partial charge in [-0.2, -0.15) is 4.98 Å². The van der Waals surface area contributed by atoms with Crippen LogP contribution in [0.4, 0.5) is 38.9 Å². The zero-order valence-corrected chi connectivity index (χ0v) is 23.2. The molecule has 1 aromatic heterocycles. The molecule has 200 valence electrons. The van der Waals surface area contributed by atoms with Gasteiger partial charge in [-0.3, -0.25) is 0 Å². The van der Waals surface area contributed by atoms with Gasteiger partial charge in [-0.05, 0) is 46.1 Å². The first-order chi connectivity index (χ1) is 17.3. The van der Waals surface area contributed by atoms with Gasteiger partial charge in [0.1, 0.15) is 16.6 Å². The summed E-state index contributed by atoms with van der Waals surface area (Å²) in [6.45, 7) is 4.71. The van der Waals surface area contributed by atoms with E-state index in [-0.39, 0.29) is 27.4 Å². The Bertz CT molecular complexity index is 1270. The van der Waals surface area contributed by atoms with Gasteiger partial charge in [0, 0.05) is 37.5 Å². The molecule has 2 aromatic carbocycles. The van der Waals surface area contributed by atoms with Gasteiger partial charge >= 0.3 is 0 Å². The van der Waals surface area contributed by atoms with Crippen molar-refractivity contribution in [1.29, 1.82) is 0 Å². The highest BCUT2D eigenvalue weighted by Crippen LogP contribution is 2.38. The smallest absolute Gasteiger partial charge is 0.229 e. The minimum Gasteiger partial charge on any atom is -0.494 e. The van der Waals surface area contributed by atoms with Crippen LogP contribution in [0.1, 0.15) is 19.4 Å². The van der Waals surface area contributed by atoms with E-state index in [4.69, 9.17) is 33.7 Å². The molecule has 0 saturated carbocycles. The molecule has 1 heterocycles. The number of nitrogens with one attached hydrogen (secondary N) is 2. The Labute approximate surface area is 226 Å². The highest BCUT2D eigenvalue weighted by molar-refractivity contribution is 6.33. The first-order valence-electron chi connectivity index (χ1n) is 11.4. The number of nitrogens with two attached hydrogens (primary N) is 1. The number of hydrogen-bond acceptors (Lipinski definition) is 9. The van der Waals surface area contributed by atoms with Crippen molar-refractivity contribution in [2.75, 3.05) is 62.6 Å². The Morgan fingerprint density at radius 3 is 2.38 bits per heavy atom. The minimum atomic E-state index is -1.36. The molecular weight excluding hydrogens is 520 g/mol. The number of aliphatic hydroxyl groups is 1. The van der Waals surface area contributed by atoms with E-state index in [9.17, 15) is 9.50 Å². The molecular formula is C25H32Cl2FN7O2. The van der Waals surface area contributed by atoms with Crippen molar-refractivity contribution in [3.8, 4) is 5.75 Å². The van der Waals surface area contributed by atoms with E-state index in [0.29, 0.717) is 22.8 Å². The number of likely N-dealkylation sites (N-methyl/N-ethyl adjacent to an activating group) is 2. The van der Waals surface area contributed by atoms with E-state index in [1.54, 1.807) is 13.2 Å². The van der Waals surface area contributed by atoms with Gasteiger partial charge in [-0.1, -0.05) is 23.2 Å². The number of hydrogen-bond donors (Lipinski definition) is 4. The minimum absolute atomic E-state index is 0.116. The second-order valence-corrected chi connectivity index (χ2v) is 10.2. The second kappa shape index (κ2) is 11.6. The van der Waals surface area contributed by atoms with Crippen molar-refractivity contribution in [3.63, 3.8) is 0 Å². The Morgan fingerprint density at radius 1 is 1.05 bits per heavy atom. The fraction of sp³-hybridized carbons (Fsp3) is 0.360. The zero-order valence-electron chi connectivity index (χ0n) is 21.7. The van der Waals surface area contributed by atoms with Crippen LogP contribution in [0.25, 0.3) is 0 Å². The lowest BCUT2D eigenvalue weighted by Gasteiger charge is -2.24. The summed E-state index contributed by atoms with van der Waals surface area (Å²) < 4.78 is 19.7. The van der Waals surface area contributed by atoms with Gasteiger partial charge in [-0.15, -0.1) is 0 Å². The second-order valence-electron chi connectivity index (χ2n) is 9.35. The summed E-state index contributed by atoms with van der Waals surface area (Å²) in [5.74, 6) is 0.320. The van der Waals surface area contributed by atoms with E-state index in [2.05, 4.69) is 30.4 Å². The van der Waals surface area contributed by atoms with Crippen molar-refractivity contribution in [1.82, 2.24) is 14.9 Å².